The molecular formula is C15H22N2O. The van der Waals surface area contributed by atoms with Crippen molar-refractivity contribution in [1.29, 1.82) is 0 Å². The molecule has 2 rings (SSSR count). The van der Waals surface area contributed by atoms with Crippen LogP contribution in [-0.4, -0.2) is 18.0 Å². The van der Waals surface area contributed by atoms with Crippen molar-refractivity contribution in [1.82, 2.24) is 5.32 Å². The molecule has 0 radical (unpaired) electrons. The molecular weight excluding hydrogens is 224 g/mol. The van der Waals surface area contributed by atoms with Crippen LogP contribution in [0.15, 0.2) is 30.3 Å². The number of hydrogen-bond donors (Lipinski definition) is 2. The Morgan fingerprint density at radius 2 is 2.11 bits per heavy atom. The Labute approximate surface area is 109 Å². The van der Waals surface area contributed by atoms with E-state index in [0.29, 0.717) is 0 Å². The minimum Gasteiger partial charge on any atom is -0.353 e. The van der Waals surface area contributed by atoms with Gasteiger partial charge in [-0.05, 0) is 31.7 Å². The number of hydrogen-bond acceptors (Lipinski definition) is 2. The molecule has 1 aliphatic carbocycles. The highest BCUT2D eigenvalue weighted by atomic mass is 16.2. The number of carbonyl (C=O) groups excluding carboxylic acids is 1. The van der Waals surface area contributed by atoms with E-state index in [1.165, 1.54) is 5.56 Å². The average molecular weight is 246 g/mol. The Morgan fingerprint density at radius 1 is 1.39 bits per heavy atom. The highest BCUT2D eigenvalue weighted by Gasteiger charge is 2.30. The van der Waals surface area contributed by atoms with Gasteiger partial charge in [-0.25, -0.2) is 0 Å². The Balaban J connectivity index is 1.84. The van der Waals surface area contributed by atoms with Gasteiger partial charge in [0.15, 0.2) is 0 Å². The third-order valence-electron chi connectivity index (χ3n) is 3.68. The van der Waals surface area contributed by atoms with Crippen molar-refractivity contribution in [2.75, 3.05) is 0 Å². The summed E-state index contributed by atoms with van der Waals surface area (Å²) >= 11 is 0. The molecule has 3 atom stereocenters. The van der Waals surface area contributed by atoms with E-state index >= 15 is 0 Å². The summed E-state index contributed by atoms with van der Waals surface area (Å²) in [6, 6.07) is 10.4. The van der Waals surface area contributed by atoms with Crippen molar-refractivity contribution in [2.24, 2.45) is 11.7 Å². The van der Waals surface area contributed by atoms with Crippen LogP contribution >= 0.6 is 0 Å². The Hall–Kier alpha value is -1.35. The summed E-state index contributed by atoms with van der Waals surface area (Å²) in [7, 11) is 0. The Morgan fingerprint density at radius 3 is 2.72 bits per heavy atom. The van der Waals surface area contributed by atoms with E-state index in [1.54, 1.807) is 0 Å². The SMILES string of the molecule is CC(Cc1ccccc1)NC(=O)C1CCCC1N. The van der Waals surface area contributed by atoms with Crippen molar-refractivity contribution in [2.45, 2.75) is 44.7 Å². The Kier molecular flexibility index (Phi) is 4.37. The molecule has 1 aliphatic rings. The van der Waals surface area contributed by atoms with E-state index in [1.807, 2.05) is 25.1 Å². The van der Waals surface area contributed by atoms with E-state index < -0.39 is 0 Å². The third-order valence-corrected chi connectivity index (χ3v) is 3.68. The van der Waals surface area contributed by atoms with Gasteiger partial charge in [-0.15, -0.1) is 0 Å². The maximum atomic E-state index is 12.1. The molecule has 1 saturated carbocycles. The molecule has 1 aromatic rings. The van der Waals surface area contributed by atoms with Gasteiger partial charge in [0.1, 0.15) is 0 Å². The molecule has 1 fully saturated rings. The van der Waals surface area contributed by atoms with Crippen LogP contribution in [0.5, 0.6) is 0 Å². The summed E-state index contributed by atoms with van der Waals surface area (Å²) in [6.45, 7) is 2.05. The van der Waals surface area contributed by atoms with Gasteiger partial charge >= 0.3 is 0 Å². The van der Waals surface area contributed by atoms with Crippen molar-refractivity contribution in [3.8, 4) is 0 Å². The van der Waals surface area contributed by atoms with Crippen LogP contribution in [0.1, 0.15) is 31.7 Å². The summed E-state index contributed by atoms with van der Waals surface area (Å²) < 4.78 is 0. The fourth-order valence-electron chi connectivity index (χ4n) is 2.68. The van der Waals surface area contributed by atoms with Crippen LogP contribution in [0, 0.1) is 5.92 Å². The molecule has 1 amide bonds. The third kappa shape index (κ3) is 3.33. The van der Waals surface area contributed by atoms with Crippen LogP contribution in [0.3, 0.4) is 0 Å². The minimum absolute atomic E-state index is 0.0169. The quantitative estimate of drug-likeness (QED) is 0.852. The first-order valence-corrected chi connectivity index (χ1v) is 6.76. The van der Waals surface area contributed by atoms with E-state index in [9.17, 15) is 4.79 Å². The van der Waals surface area contributed by atoms with Crippen molar-refractivity contribution in [3.05, 3.63) is 35.9 Å². The molecule has 0 heterocycles. The monoisotopic (exact) mass is 246 g/mol. The fraction of sp³-hybridized carbons (Fsp3) is 0.533. The first kappa shape index (κ1) is 13.1. The first-order chi connectivity index (χ1) is 8.66. The molecule has 1 aromatic carbocycles. The van der Waals surface area contributed by atoms with E-state index in [-0.39, 0.29) is 23.9 Å². The standard InChI is InChI=1S/C15H22N2O/c1-11(10-12-6-3-2-4-7-12)17-15(18)13-8-5-9-14(13)16/h2-4,6-7,11,13-14H,5,8-10,16H2,1H3,(H,17,18). The van der Waals surface area contributed by atoms with Crippen LogP contribution in [0.2, 0.25) is 0 Å². The number of amides is 1. The van der Waals surface area contributed by atoms with Gasteiger partial charge in [-0.2, -0.15) is 0 Å². The highest BCUT2D eigenvalue weighted by Crippen LogP contribution is 2.24. The number of carbonyl (C=O) groups is 1. The second kappa shape index (κ2) is 6.01. The lowest BCUT2D eigenvalue weighted by molar-refractivity contribution is -0.125. The zero-order chi connectivity index (χ0) is 13.0. The van der Waals surface area contributed by atoms with Gasteiger partial charge in [0.25, 0.3) is 0 Å². The highest BCUT2D eigenvalue weighted by molar-refractivity contribution is 5.80. The van der Waals surface area contributed by atoms with Crippen molar-refractivity contribution in [3.63, 3.8) is 0 Å². The zero-order valence-corrected chi connectivity index (χ0v) is 10.9. The van der Waals surface area contributed by atoms with Crippen LogP contribution < -0.4 is 11.1 Å². The van der Waals surface area contributed by atoms with Gasteiger partial charge in [-0.1, -0.05) is 36.8 Å². The zero-order valence-electron chi connectivity index (χ0n) is 10.9. The number of rotatable bonds is 4. The molecule has 18 heavy (non-hydrogen) atoms. The number of nitrogens with one attached hydrogen (secondary N) is 1. The predicted octanol–water partition coefficient (Wildman–Crippen LogP) is 1.86. The summed E-state index contributed by atoms with van der Waals surface area (Å²) in [6.07, 6.45) is 3.86. The molecule has 3 N–H and O–H groups in total. The molecule has 98 valence electrons. The maximum absolute atomic E-state index is 12.1. The fourth-order valence-corrected chi connectivity index (χ4v) is 2.68. The second-order valence-electron chi connectivity index (χ2n) is 5.30. The topological polar surface area (TPSA) is 55.1 Å². The molecule has 0 aromatic heterocycles. The predicted molar refractivity (Wildman–Crippen MR) is 73.1 cm³/mol. The normalized spacial score (nSPS) is 24.8. The summed E-state index contributed by atoms with van der Waals surface area (Å²) in [5, 5.41) is 3.08. The lowest BCUT2D eigenvalue weighted by atomic mass is 10.0. The van der Waals surface area contributed by atoms with E-state index in [2.05, 4.69) is 17.4 Å². The summed E-state index contributed by atoms with van der Waals surface area (Å²) in [5.41, 5.74) is 7.20. The van der Waals surface area contributed by atoms with Gasteiger partial charge < -0.3 is 11.1 Å². The minimum atomic E-state index is 0.0169. The molecule has 3 heteroatoms. The number of nitrogens with two attached hydrogens (primary N) is 1. The average Bonchev–Trinajstić information content (AvgIpc) is 2.76. The van der Waals surface area contributed by atoms with Gasteiger partial charge in [0, 0.05) is 12.1 Å². The molecule has 0 bridgehead atoms. The van der Waals surface area contributed by atoms with E-state index in [4.69, 9.17) is 5.73 Å². The van der Waals surface area contributed by atoms with Gasteiger partial charge in [0.05, 0.1) is 5.92 Å². The van der Waals surface area contributed by atoms with Crippen molar-refractivity contribution < 1.29 is 4.79 Å². The van der Waals surface area contributed by atoms with E-state index in [0.717, 1.165) is 25.7 Å². The summed E-state index contributed by atoms with van der Waals surface area (Å²) in [5.74, 6) is 0.145. The molecule has 0 spiro atoms. The smallest absolute Gasteiger partial charge is 0.224 e. The van der Waals surface area contributed by atoms with Crippen LogP contribution in [-0.2, 0) is 11.2 Å². The number of benzene rings is 1. The molecule has 3 unspecified atom stereocenters. The first-order valence-electron chi connectivity index (χ1n) is 6.76. The molecule has 3 nitrogen and oxygen atoms in total. The van der Waals surface area contributed by atoms with Crippen molar-refractivity contribution >= 4 is 5.91 Å². The lowest BCUT2D eigenvalue weighted by Gasteiger charge is -2.19. The molecule has 0 aliphatic heterocycles. The van der Waals surface area contributed by atoms with Gasteiger partial charge in [-0.3, -0.25) is 4.79 Å². The Bertz CT molecular complexity index is 391. The van der Waals surface area contributed by atoms with Gasteiger partial charge in [0.2, 0.25) is 5.91 Å². The lowest BCUT2D eigenvalue weighted by Crippen LogP contribution is -2.43. The summed E-state index contributed by atoms with van der Waals surface area (Å²) in [4.78, 5) is 12.1. The van der Waals surface area contributed by atoms with Crippen LogP contribution in [0.25, 0.3) is 0 Å². The largest absolute Gasteiger partial charge is 0.353 e. The molecule has 0 saturated heterocycles. The van der Waals surface area contributed by atoms with Crippen LogP contribution in [0.4, 0.5) is 0 Å². The second-order valence-corrected chi connectivity index (χ2v) is 5.30. The maximum Gasteiger partial charge on any atom is 0.224 e.